The van der Waals surface area contributed by atoms with Gasteiger partial charge in [-0.2, -0.15) is 0 Å². The maximum Gasteiger partial charge on any atom is 0.328 e. The van der Waals surface area contributed by atoms with Gasteiger partial charge in [-0.15, -0.1) is 0 Å². The molecule has 0 unspecified atom stereocenters. The van der Waals surface area contributed by atoms with Gasteiger partial charge in [0.05, 0.1) is 0 Å². The minimum absolute atomic E-state index is 0.0203. The van der Waals surface area contributed by atoms with Crippen LogP contribution in [0, 0.1) is 5.92 Å². The van der Waals surface area contributed by atoms with Crippen molar-refractivity contribution >= 4 is 23.9 Å². The van der Waals surface area contributed by atoms with Crippen molar-refractivity contribution in [1.82, 2.24) is 0 Å². The van der Waals surface area contributed by atoms with E-state index in [-0.39, 0.29) is 23.2 Å². The van der Waals surface area contributed by atoms with E-state index in [1.807, 2.05) is 13.8 Å². The van der Waals surface area contributed by atoms with Crippen LogP contribution in [0.25, 0.3) is 12.2 Å². The molecule has 4 N–H and O–H groups in total. The van der Waals surface area contributed by atoms with E-state index >= 15 is 0 Å². The van der Waals surface area contributed by atoms with E-state index in [0.717, 1.165) is 17.2 Å². The van der Waals surface area contributed by atoms with E-state index in [1.54, 1.807) is 48.6 Å². The van der Waals surface area contributed by atoms with Crippen LogP contribution in [0.15, 0.2) is 72.5 Å². The van der Waals surface area contributed by atoms with Crippen LogP contribution in [-0.2, 0) is 9.59 Å². The van der Waals surface area contributed by atoms with Gasteiger partial charge in [-0.05, 0) is 53.5 Å². The molecule has 0 aliphatic heterocycles. The van der Waals surface area contributed by atoms with Crippen LogP contribution in [0.3, 0.4) is 0 Å². The molecule has 0 heterocycles. The minimum Gasteiger partial charge on any atom is -0.508 e. The first kappa shape index (κ1) is 22.6. The summed E-state index contributed by atoms with van der Waals surface area (Å²) >= 11 is 0. The molecule has 156 valence electrons. The summed E-state index contributed by atoms with van der Waals surface area (Å²) in [5.74, 6) is -0.572. The molecule has 2 aromatic carbocycles. The fourth-order valence-corrected chi connectivity index (χ4v) is 2.29. The lowest BCUT2D eigenvalue weighted by molar-refractivity contribution is -0.136. The Balaban J connectivity index is 1.93. The summed E-state index contributed by atoms with van der Waals surface area (Å²) < 4.78 is 5.23. The number of carbonyl (C=O) groups excluding carboxylic acids is 2. The minimum atomic E-state index is -0.688. The Morgan fingerprint density at radius 3 is 2.03 bits per heavy atom. The number of hydrogen-bond acceptors (Lipinski definition) is 6. The van der Waals surface area contributed by atoms with Gasteiger partial charge in [0.15, 0.2) is 5.78 Å². The van der Waals surface area contributed by atoms with E-state index in [2.05, 4.69) is 0 Å². The third kappa shape index (κ3) is 7.41. The van der Waals surface area contributed by atoms with Crippen LogP contribution < -0.4 is 10.5 Å². The van der Waals surface area contributed by atoms with Crippen LogP contribution in [0.4, 0.5) is 0 Å². The predicted octanol–water partition coefficient (Wildman–Crippen LogP) is 4.02. The molecule has 0 radical (unpaired) electrons. The van der Waals surface area contributed by atoms with Crippen LogP contribution in [0.2, 0.25) is 0 Å². The Morgan fingerprint density at radius 1 is 0.933 bits per heavy atom. The second kappa shape index (κ2) is 10.8. The van der Waals surface area contributed by atoms with E-state index in [1.165, 1.54) is 24.3 Å². The third-order valence-electron chi connectivity index (χ3n) is 4.16. The molecule has 0 aliphatic rings. The molecule has 30 heavy (non-hydrogen) atoms. The Bertz CT molecular complexity index is 954. The number of esters is 1. The van der Waals surface area contributed by atoms with Gasteiger partial charge in [-0.3, -0.25) is 4.79 Å². The average Bonchev–Trinajstić information content (AvgIpc) is 2.72. The molecule has 0 saturated carbocycles. The molecule has 0 saturated heterocycles. The number of rotatable bonds is 8. The van der Waals surface area contributed by atoms with Gasteiger partial charge in [0.2, 0.25) is 0 Å². The van der Waals surface area contributed by atoms with Crippen LogP contribution in [0.5, 0.6) is 11.5 Å². The predicted molar refractivity (Wildman–Crippen MR) is 117 cm³/mol. The first-order valence-corrected chi connectivity index (χ1v) is 9.42. The number of ketones is 1. The number of phenolic OH excluding ortho intramolecular Hbond substituents is 1. The summed E-state index contributed by atoms with van der Waals surface area (Å²) in [6, 6.07) is 12.3. The Morgan fingerprint density at radius 2 is 1.47 bits per heavy atom. The van der Waals surface area contributed by atoms with Gasteiger partial charge in [0, 0.05) is 6.08 Å². The average molecular weight is 407 g/mol. The van der Waals surface area contributed by atoms with E-state index in [4.69, 9.17) is 10.5 Å². The van der Waals surface area contributed by atoms with Crippen molar-refractivity contribution in [3.63, 3.8) is 0 Å². The van der Waals surface area contributed by atoms with Crippen molar-refractivity contribution in [3.8, 4) is 11.5 Å². The number of benzene rings is 2. The molecule has 1 atom stereocenters. The van der Waals surface area contributed by atoms with Crippen LogP contribution in [-0.4, -0.2) is 28.0 Å². The topological polar surface area (TPSA) is 110 Å². The Labute approximate surface area is 175 Å². The maximum atomic E-state index is 11.9. The van der Waals surface area contributed by atoms with Crippen molar-refractivity contribution < 1.29 is 24.5 Å². The highest BCUT2D eigenvalue weighted by molar-refractivity contribution is 6.02. The zero-order chi connectivity index (χ0) is 22.1. The standard InChI is InChI=1S/C24H25NO5/c1-16(2)23(25)24(29)30-22-13-7-18(8-14-22)6-12-21(28)15-20(27)11-5-17-3-9-19(26)10-4-17/h3-16,23,26,28H,25H2,1-2H3/t23-/m0/s1. The quantitative estimate of drug-likeness (QED) is 0.200. The number of ether oxygens (including phenoxy) is 1. The number of carbonyl (C=O) groups is 2. The highest BCUT2D eigenvalue weighted by Gasteiger charge is 2.19. The molecule has 0 fully saturated rings. The lowest BCUT2D eigenvalue weighted by Gasteiger charge is -2.14. The second-order valence-corrected chi connectivity index (χ2v) is 6.99. The van der Waals surface area contributed by atoms with Crippen molar-refractivity contribution in [2.45, 2.75) is 19.9 Å². The summed E-state index contributed by atoms with van der Waals surface area (Å²) in [7, 11) is 0. The monoisotopic (exact) mass is 407 g/mol. The fraction of sp³-hybridized carbons (Fsp3) is 0.167. The maximum absolute atomic E-state index is 11.9. The molecule has 0 aliphatic carbocycles. The normalized spacial score (nSPS) is 13.1. The first-order valence-electron chi connectivity index (χ1n) is 9.42. The molecule has 6 nitrogen and oxygen atoms in total. The summed E-state index contributed by atoms with van der Waals surface area (Å²) in [5, 5.41) is 19.1. The molecular weight excluding hydrogens is 382 g/mol. The van der Waals surface area contributed by atoms with E-state index < -0.39 is 12.0 Å². The molecule has 0 aromatic heterocycles. The number of hydrogen-bond donors (Lipinski definition) is 3. The molecule has 6 heteroatoms. The van der Waals surface area contributed by atoms with Crippen LogP contribution >= 0.6 is 0 Å². The highest BCUT2D eigenvalue weighted by Crippen LogP contribution is 2.15. The van der Waals surface area contributed by atoms with Gasteiger partial charge in [-0.1, -0.05) is 50.3 Å². The van der Waals surface area contributed by atoms with E-state index in [9.17, 15) is 19.8 Å². The zero-order valence-corrected chi connectivity index (χ0v) is 16.9. The molecular formula is C24H25NO5. The lowest BCUT2D eigenvalue weighted by atomic mass is 10.1. The number of allylic oxidation sites excluding steroid dienone is 3. The summed E-state index contributed by atoms with van der Waals surface area (Å²) in [5.41, 5.74) is 7.25. The largest absolute Gasteiger partial charge is 0.508 e. The van der Waals surface area contributed by atoms with Crippen molar-refractivity contribution in [2.75, 3.05) is 0 Å². The zero-order valence-electron chi connectivity index (χ0n) is 16.9. The number of aliphatic hydroxyl groups excluding tert-OH is 1. The lowest BCUT2D eigenvalue weighted by Crippen LogP contribution is -2.38. The Hall–Kier alpha value is -3.64. The van der Waals surface area contributed by atoms with E-state index in [0.29, 0.717) is 5.75 Å². The van der Waals surface area contributed by atoms with Crippen molar-refractivity contribution in [2.24, 2.45) is 11.7 Å². The van der Waals surface area contributed by atoms with Gasteiger partial charge >= 0.3 is 5.97 Å². The number of aliphatic hydroxyl groups is 1. The summed E-state index contributed by atoms with van der Waals surface area (Å²) in [6.45, 7) is 3.68. The third-order valence-corrected chi connectivity index (χ3v) is 4.16. The Kier molecular flexibility index (Phi) is 8.14. The molecule has 2 aromatic rings. The smallest absolute Gasteiger partial charge is 0.328 e. The molecule has 0 bridgehead atoms. The van der Waals surface area contributed by atoms with Crippen molar-refractivity contribution in [3.05, 3.63) is 83.6 Å². The van der Waals surface area contributed by atoms with Gasteiger partial charge in [-0.25, -0.2) is 4.79 Å². The molecule has 0 spiro atoms. The highest BCUT2D eigenvalue weighted by atomic mass is 16.5. The molecule has 2 rings (SSSR count). The van der Waals surface area contributed by atoms with Gasteiger partial charge in [0.1, 0.15) is 23.3 Å². The summed E-state index contributed by atoms with van der Waals surface area (Å²) in [6.07, 6.45) is 7.01. The molecule has 0 amide bonds. The van der Waals surface area contributed by atoms with Gasteiger partial charge in [0.25, 0.3) is 0 Å². The summed E-state index contributed by atoms with van der Waals surface area (Å²) in [4.78, 5) is 23.8. The number of nitrogens with two attached hydrogens (primary N) is 1. The number of phenols is 1. The second-order valence-electron chi connectivity index (χ2n) is 6.99. The first-order chi connectivity index (χ1) is 14.2. The SMILES string of the molecule is CC(C)[C@H](N)C(=O)Oc1ccc(C=CC(O)=CC(=O)C=Cc2ccc(O)cc2)cc1. The van der Waals surface area contributed by atoms with Gasteiger partial charge < -0.3 is 20.7 Å². The van der Waals surface area contributed by atoms with Crippen LogP contribution in [0.1, 0.15) is 25.0 Å². The van der Waals surface area contributed by atoms with Crippen molar-refractivity contribution in [1.29, 1.82) is 0 Å². The fourth-order valence-electron chi connectivity index (χ4n) is 2.29. The number of aromatic hydroxyl groups is 1.